The molecule has 26 aromatic rings. The third-order valence-electron chi connectivity index (χ3n) is 25.7. The standard InChI is InChI=1S/2C61H37N3O/c1-3-13-38(14-4-1)44-19-11-20-47(33-44)60-62-59(43-17-5-2-6-18-43)63-61(64-60)51-23-12-24-56-57(51)55-37-48(45-31-29-41-27-25-39-15-7-9-21-49(39)52(41)34-45)36-54(58(55)65-56)46-32-30-42-28-26-40-16-8-10-22-50(40)53(42)35-46;1-3-13-38(14-4-1)42-19-11-20-47(34-42)60-62-59(41-17-5-2-6-18-41)63-61(64-60)53-23-12-24-56-57(53)55-37-48(43-29-31-51-44(33-43)27-25-39-15-7-9-21-49(39)51)36-54(58(55)65-56)46-30-32-52-45(35-46)28-26-40-16-8-10-22-50(40)52/h2*1-37H. The van der Waals surface area contributed by atoms with Crippen LogP contribution < -0.4 is 0 Å². The third kappa shape index (κ3) is 13.4. The fraction of sp³-hybridized carbons (Fsp3) is 0. The molecule has 130 heavy (non-hydrogen) atoms. The minimum Gasteiger partial charge on any atom is -0.455 e. The maximum Gasteiger partial charge on any atom is 0.164 e. The first-order valence-electron chi connectivity index (χ1n) is 44.0. The molecule has 0 atom stereocenters. The summed E-state index contributed by atoms with van der Waals surface area (Å²) in [5, 5.41) is 23.4. The van der Waals surface area contributed by atoms with Crippen LogP contribution in [-0.2, 0) is 0 Å². The molecule has 0 N–H and O–H groups in total. The van der Waals surface area contributed by atoms with Gasteiger partial charge in [0.2, 0.25) is 0 Å². The normalized spacial score (nSPS) is 11.7. The molecule has 4 aromatic heterocycles. The molecule has 0 aliphatic rings. The van der Waals surface area contributed by atoms with Gasteiger partial charge in [-0.05, 0) is 215 Å². The minimum atomic E-state index is 0.577. The van der Waals surface area contributed by atoms with Crippen molar-refractivity contribution >= 4 is 130 Å². The fourth-order valence-electron chi connectivity index (χ4n) is 19.3. The van der Waals surface area contributed by atoms with Gasteiger partial charge >= 0.3 is 0 Å². The fourth-order valence-corrected chi connectivity index (χ4v) is 19.3. The van der Waals surface area contributed by atoms with Gasteiger partial charge in [0.15, 0.2) is 34.9 Å². The minimum absolute atomic E-state index is 0.577. The number of aromatic nitrogens is 6. The summed E-state index contributed by atoms with van der Waals surface area (Å²) in [7, 11) is 0. The van der Waals surface area contributed by atoms with Crippen molar-refractivity contribution in [1.29, 1.82) is 0 Å². The number of rotatable bonds is 12. The van der Waals surface area contributed by atoms with Crippen LogP contribution in [0, 0.1) is 0 Å². The summed E-state index contributed by atoms with van der Waals surface area (Å²) in [4.78, 5) is 31.3. The van der Waals surface area contributed by atoms with E-state index in [1.165, 1.54) is 86.2 Å². The van der Waals surface area contributed by atoms with Crippen molar-refractivity contribution in [2.75, 3.05) is 0 Å². The van der Waals surface area contributed by atoms with Gasteiger partial charge in [0.1, 0.15) is 22.3 Å². The van der Waals surface area contributed by atoms with E-state index >= 15 is 0 Å². The largest absolute Gasteiger partial charge is 0.455 e. The summed E-state index contributed by atoms with van der Waals surface area (Å²) in [6.07, 6.45) is 0. The van der Waals surface area contributed by atoms with Gasteiger partial charge in [-0.3, -0.25) is 0 Å². The van der Waals surface area contributed by atoms with E-state index in [4.69, 9.17) is 38.7 Å². The van der Waals surface area contributed by atoms with Gasteiger partial charge in [-0.25, -0.2) is 29.9 Å². The van der Waals surface area contributed by atoms with Crippen molar-refractivity contribution in [2.24, 2.45) is 0 Å². The number of benzene rings is 22. The van der Waals surface area contributed by atoms with Crippen molar-refractivity contribution in [1.82, 2.24) is 29.9 Å². The topological polar surface area (TPSA) is 104 Å². The van der Waals surface area contributed by atoms with Crippen molar-refractivity contribution < 1.29 is 8.83 Å². The number of hydrogen-bond acceptors (Lipinski definition) is 8. The first kappa shape index (κ1) is 75.1. The predicted octanol–water partition coefficient (Wildman–Crippen LogP) is 32.8. The maximum absolute atomic E-state index is 7.04. The SMILES string of the molecule is c1ccc(-c2cccc(-c3nc(-c4ccccc4)nc(-c4cccc5oc6c(-c7ccc8c(ccc9ccccc98)c7)cc(-c7ccc8c(ccc9ccccc98)c7)cc6c45)n3)c2)cc1.c1ccc(-c2cccc(-c3nc(-c4ccccc4)nc(-c4cccc5oc6c(-c7ccc8ccc9ccccc9c8c7)cc(-c7ccc8ccc9ccccc9c8c7)cc6c45)n3)c2)cc1. The van der Waals surface area contributed by atoms with Gasteiger partial charge in [-0.1, -0.05) is 376 Å². The Kier molecular flexibility index (Phi) is 18.1. The molecule has 0 spiro atoms. The summed E-state index contributed by atoms with van der Waals surface area (Å²) < 4.78 is 14.1. The molecule has 4 heterocycles. The van der Waals surface area contributed by atoms with Gasteiger partial charge in [0, 0.05) is 66.1 Å². The number of nitrogens with zero attached hydrogens (tertiary/aromatic N) is 6. The van der Waals surface area contributed by atoms with E-state index in [-0.39, 0.29) is 0 Å². The van der Waals surface area contributed by atoms with Crippen molar-refractivity contribution in [3.8, 4) is 135 Å². The Morgan fingerprint density at radius 2 is 0.400 bits per heavy atom. The summed E-state index contributed by atoms with van der Waals surface area (Å²) in [6, 6.07) is 159. The Morgan fingerprint density at radius 3 is 0.838 bits per heavy atom. The van der Waals surface area contributed by atoms with Crippen molar-refractivity contribution in [3.05, 3.63) is 449 Å². The van der Waals surface area contributed by atoms with E-state index in [2.05, 4.69) is 388 Å². The highest BCUT2D eigenvalue weighted by Crippen LogP contribution is 2.48. The first-order valence-corrected chi connectivity index (χ1v) is 44.0. The Hall–Kier alpha value is -17.5. The molecule has 0 aliphatic heterocycles. The zero-order chi connectivity index (χ0) is 85.7. The molecule has 604 valence electrons. The van der Waals surface area contributed by atoms with Crippen LogP contribution in [0.1, 0.15) is 0 Å². The summed E-state index contributed by atoms with van der Waals surface area (Å²) >= 11 is 0. The molecule has 26 rings (SSSR count). The average Bonchev–Trinajstić information content (AvgIpc) is 1.55. The second-order valence-corrected chi connectivity index (χ2v) is 33.5. The van der Waals surface area contributed by atoms with E-state index in [0.717, 1.165) is 144 Å². The Morgan fingerprint density at radius 1 is 0.131 bits per heavy atom. The van der Waals surface area contributed by atoms with Crippen LogP contribution in [0.4, 0.5) is 0 Å². The lowest BCUT2D eigenvalue weighted by atomic mass is 9.91. The van der Waals surface area contributed by atoms with E-state index in [9.17, 15) is 0 Å². The lowest BCUT2D eigenvalue weighted by Gasteiger charge is -2.12. The molecular weight excluding hydrogens is 1580 g/mol. The molecule has 0 bridgehead atoms. The molecule has 0 amide bonds. The molecule has 0 radical (unpaired) electrons. The zero-order valence-electron chi connectivity index (χ0n) is 70.2. The summed E-state index contributed by atoms with van der Waals surface area (Å²) in [5.74, 6) is 3.57. The highest BCUT2D eigenvalue weighted by Gasteiger charge is 2.26. The van der Waals surface area contributed by atoms with E-state index in [0.29, 0.717) is 34.9 Å². The third-order valence-corrected chi connectivity index (χ3v) is 25.7. The van der Waals surface area contributed by atoms with Gasteiger partial charge in [-0.2, -0.15) is 0 Å². The molecule has 0 saturated carbocycles. The highest BCUT2D eigenvalue weighted by atomic mass is 16.3. The van der Waals surface area contributed by atoms with E-state index in [1.54, 1.807) is 0 Å². The zero-order valence-corrected chi connectivity index (χ0v) is 70.2. The molecule has 8 nitrogen and oxygen atoms in total. The maximum atomic E-state index is 7.04. The molecule has 0 saturated heterocycles. The molecule has 22 aromatic carbocycles. The second kappa shape index (κ2) is 31.3. The van der Waals surface area contributed by atoms with Crippen LogP contribution in [0.5, 0.6) is 0 Å². The number of hydrogen-bond donors (Lipinski definition) is 0. The van der Waals surface area contributed by atoms with Crippen LogP contribution in [0.25, 0.3) is 265 Å². The lowest BCUT2D eigenvalue weighted by Crippen LogP contribution is -2.00. The van der Waals surface area contributed by atoms with Crippen LogP contribution in [0.3, 0.4) is 0 Å². The Bertz CT molecular complexity index is 9060. The van der Waals surface area contributed by atoms with Gasteiger partial charge in [0.05, 0.1) is 0 Å². The van der Waals surface area contributed by atoms with Gasteiger partial charge in [-0.15, -0.1) is 0 Å². The summed E-state index contributed by atoms with van der Waals surface area (Å²) in [6.45, 7) is 0. The van der Waals surface area contributed by atoms with Gasteiger partial charge < -0.3 is 8.83 Å². The van der Waals surface area contributed by atoms with E-state index in [1.807, 2.05) is 60.7 Å². The first-order chi connectivity index (χ1) is 64.4. The van der Waals surface area contributed by atoms with Crippen LogP contribution in [0.2, 0.25) is 0 Å². The molecule has 0 unspecified atom stereocenters. The number of furan rings is 2. The van der Waals surface area contributed by atoms with Crippen LogP contribution in [0.15, 0.2) is 458 Å². The molecular formula is C122H74N6O2. The Balaban J connectivity index is 0.000000140. The molecule has 8 heteroatoms. The molecule has 0 aliphatic carbocycles. The quantitative estimate of drug-likeness (QED) is 0.111. The van der Waals surface area contributed by atoms with Crippen molar-refractivity contribution in [2.45, 2.75) is 0 Å². The van der Waals surface area contributed by atoms with Gasteiger partial charge in [0.25, 0.3) is 0 Å². The monoisotopic (exact) mass is 1650 g/mol. The summed E-state index contributed by atoms with van der Waals surface area (Å²) in [5.41, 5.74) is 21.7. The second-order valence-electron chi connectivity index (χ2n) is 33.5. The number of fused-ring (bicyclic) bond motifs is 18. The van der Waals surface area contributed by atoms with Crippen LogP contribution >= 0.6 is 0 Å². The van der Waals surface area contributed by atoms with Crippen LogP contribution in [-0.4, -0.2) is 29.9 Å². The smallest absolute Gasteiger partial charge is 0.164 e. The highest BCUT2D eigenvalue weighted by molar-refractivity contribution is 6.21. The predicted molar refractivity (Wildman–Crippen MR) is 539 cm³/mol. The van der Waals surface area contributed by atoms with E-state index < -0.39 is 0 Å². The van der Waals surface area contributed by atoms with Crippen molar-refractivity contribution in [3.63, 3.8) is 0 Å². The Labute approximate surface area is 747 Å². The molecule has 0 fully saturated rings. The lowest BCUT2D eigenvalue weighted by molar-refractivity contribution is 0.669. The average molecular weight is 1660 g/mol.